The number of pyridine rings is 1. The van der Waals surface area contributed by atoms with Crippen molar-refractivity contribution in [1.29, 1.82) is 0 Å². The van der Waals surface area contributed by atoms with E-state index in [-0.39, 0.29) is 18.9 Å². The number of hydrogen-bond donors (Lipinski definition) is 1. The summed E-state index contributed by atoms with van der Waals surface area (Å²) in [6, 6.07) is 2.13. The highest BCUT2D eigenvalue weighted by Crippen LogP contribution is 2.37. The minimum Gasteiger partial charge on any atom is -0.310 e. The van der Waals surface area contributed by atoms with Gasteiger partial charge >= 0.3 is 6.18 Å². The third-order valence-corrected chi connectivity index (χ3v) is 3.92. The maximum absolute atomic E-state index is 12.5. The molecule has 19 heavy (non-hydrogen) atoms. The summed E-state index contributed by atoms with van der Waals surface area (Å²) in [7, 11) is 0. The van der Waals surface area contributed by atoms with Gasteiger partial charge in [-0.2, -0.15) is 13.2 Å². The predicted octanol–water partition coefficient (Wildman–Crippen LogP) is 3.60. The van der Waals surface area contributed by atoms with E-state index in [1.165, 1.54) is 0 Å². The van der Waals surface area contributed by atoms with Crippen LogP contribution in [0.4, 0.5) is 13.2 Å². The Morgan fingerprint density at radius 2 is 1.95 bits per heavy atom. The first kappa shape index (κ1) is 14.3. The van der Waals surface area contributed by atoms with E-state index in [9.17, 15) is 13.2 Å². The largest absolute Gasteiger partial charge is 0.391 e. The molecule has 0 aliphatic heterocycles. The zero-order chi connectivity index (χ0) is 13.9. The van der Waals surface area contributed by atoms with Gasteiger partial charge in [-0.05, 0) is 49.8 Å². The first-order valence-electron chi connectivity index (χ1n) is 6.66. The molecular formula is C14H19F3N2. The predicted molar refractivity (Wildman–Crippen MR) is 67.6 cm³/mol. The highest BCUT2D eigenvalue weighted by molar-refractivity contribution is 5.21. The molecule has 1 heterocycles. The van der Waals surface area contributed by atoms with Gasteiger partial charge in [0.15, 0.2) is 0 Å². The summed E-state index contributed by atoms with van der Waals surface area (Å²) < 4.78 is 37.6. The van der Waals surface area contributed by atoms with Crippen LogP contribution in [0, 0.1) is 12.8 Å². The van der Waals surface area contributed by atoms with Crippen LogP contribution in [0.5, 0.6) is 0 Å². The highest BCUT2D eigenvalue weighted by atomic mass is 19.4. The van der Waals surface area contributed by atoms with Crippen molar-refractivity contribution < 1.29 is 13.2 Å². The lowest BCUT2D eigenvalue weighted by Gasteiger charge is -2.30. The number of hydrogen-bond acceptors (Lipinski definition) is 2. The summed E-state index contributed by atoms with van der Waals surface area (Å²) in [5.41, 5.74) is 2.27. The molecule has 1 aliphatic carbocycles. The number of rotatable bonds is 3. The fraction of sp³-hybridized carbons (Fsp3) is 0.643. The van der Waals surface area contributed by atoms with E-state index >= 15 is 0 Å². The number of nitrogens with one attached hydrogen (secondary N) is 1. The van der Waals surface area contributed by atoms with Gasteiger partial charge in [0.2, 0.25) is 0 Å². The van der Waals surface area contributed by atoms with Crippen molar-refractivity contribution in [2.45, 2.75) is 51.4 Å². The lowest BCUT2D eigenvalue weighted by Crippen LogP contribution is -2.36. The van der Waals surface area contributed by atoms with Crippen LogP contribution in [0.25, 0.3) is 0 Å². The van der Waals surface area contributed by atoms with Crippen LogP contribution in [0.3, 0.4) is 0 Å². The van der Waals surface area contributed by atoms with E-state index in [1.54, 1.807) is 6.20 Å². The minimum absolute atomic E-state index is 0.193. The first-order valence-corrected chi connectivity index (χ1v) is 6.66. The van der Waals surface area contributed by atoms with Gasteiger partial charge in [0.1, 0.15) is 0 Å². The van der Waals surface area contributed by atoms with Crippen LogP contribution < -0.4 is 5.32 Å². The van der Waals surface area contributed by atoms with Crippen LogP contribution in [-0.4, -0.2) is 17.2 Å². The molecule has 0 radical (unpaired) electrons. The van der Waals surface area contributed by atoms with E-state index < -0.39 is 12.1 Å². The van der Waals surface area contributed by atoms with Gasteiger partial charge < -0.3 is 5.32 Å². The number of halogens is 3. The molecule has 5 heteroatoms. The standard InChI is InChI=1S/C14H19F3N2/c1-10-6-7-18-8-11(10)9-19-13-4-2-12(3-5-13)14(15,16)17/h6-8,12-13,19H,2-5,9H2,1H3. The van der Waals surface area contributed by atoms with Crippen LogP contribution in [0.15, 0.2) is 18.5 Å². The second-order valence-electron chi connectivity index (χ2n) is 5.27. The zero-order valence-corrected chi connectivity index (χ0v) is 11.0. The summed E-state index contributed by atoms with van der Waals surface area (Å²) in [6.07, 6.45) is 1.22. The topological polar surface area (TPSA) is 24.9 Å². The van der Waals surface area contributed by atoms with Crippen LogP contribution >= 0.6 is 0 Å². The van der Waals surface area contributed by atoms with Crippen molar-refractivity contribution in [3.8, 4) is 0 Å². The molecular weight excluding hydrogens is 253 g/mol. The van der Waals surface area contributed by atoms with Gasteiger partial charge in [-0.15, -0.1) is 0 Å². The second-order valence-corrected chi connectivity index (χ2v) is 5.27. The molecule has 2 rings (SSSR count). The first-order chi connectivity index (χ1) is 8.97. The molecule has 1 fully saturated rings. The molecule has 1 aromatic heterocycles. The maximum Gasteiger partial charge on any atom is 0.391 e. The molecule has 0 aromatic carbocycles. The third-order valence-electron chi connectivity index (χ3n) is 3.92. The average molecular weight is 272 g/mol. The zero-order valence-electron chi connectivity index (χ0n) is 11.0. The van der Waals surface area contributed by atoms with Crippen molar-refractivity contribution in [2.75, 3.05) is 0 Å². The van der Waals surface area contributed by atoms with Gasteiger partial charge in [-0.1, -0.05) is 0 Å². The molecule has 1 saturated carbocycles. The second kappa shape index (κ2) is 5.90. The number of aryl methyl sites for hydroxylation is 1. The fourth-order valence-corrected chi connectivity index (χ4v) is 2.56. The van der Waals surface area contributed by atoms with Crippen molar-refractivity contribution in [1.82, 2.24) is 10.3 Å². The Bertz CT molecular complexity index is 409. The summed E-state index contributed by atoms with van der Waals surface area (Å²) >= 11 is 0. The Hall–Kier alpha value is -1.10. The molecule has 106 valence electrons. The Labute approximate surface area is 111 Å². The van der Waals surface area contributed by atoms with E-state index in [1.807, 2.05) is 19.2 Å². The molecule has 1 N–H and O–H groups in total. The SMILES string of the molecule is Cc1ccncc1CNC1CCC(C(F)(F)F)CC1. The third kappa shape index (κ3) is 3.93. The Morgan fingerprint density at radius 1 is 1.26 bits per heavy atom. The highest BCUT2D eigenvalue weighted by Gasteiger charge is 2.41. The quantitative estimate of drug-likeness (QED) is 0.909. The Balaban J connectivity index is 1.79. The molecule has 2 nitrogen and oxygen atoms in total. The molecule has 1 aliphatic rings. The molecule has 0 spiro atoms. The lowest BCUT2D eigenvalue weighted by molar-refractivity contribution is -0.182. The molecule has 0 amide bonds. The number of aromatic nitrogens is 1. The van der Waals surface area contributed by atoms with Gasteiger partial charge in [0, 0.05) is 25.0 Å². The van der Waals surface area contributed by atoms with Gasteiger partial charge in [0.25, 0.3) is 0 Å². The molecule has 0 bridgehead atoms. The summed E-state index contributed by atoms with van der Waals surface area (Å²) in [4.78, 5) is 4.06. The van der Waals surface area contributed by atoms with Gasteiger partial charge in [-0.3, -0.25) is 4.98 Å². The minimum atomic E-state index is -4.02. The summed E-state index contributed by atoms with van der Waals surface area (Å²) in [5.74, 6) is -1.11. The van der Waals surface area contributed by atoms with E-state index in [4.69, 9.17) is 0 Å². The summed E-state index contributed by atoms with van der Waals surface area (Å²) in [5, 5.41) is 3.34. The van der Waals surface area contributed by atoms with E-state index in [0.29, 0.717) is 19.4 Å². The fourth-order valence-electron chi connectivity index (χ4n) is 2.56. The van der Waals surface area contributed by atoms with Crippen molar-refractivity contribution in [3.05, 3.63) is 29.6 Å². The molecule has 0 saturated heterocycles. The van der Waals surface area contributed by atoms with E-state index in [0.717, 1.165) is 11.1 Å². The van der Waals surface area contributed by atoms with Crippen LogP contribution in [-0.2, 0) is 6.54 Å². The van der Waals surface area contributed by atoms with Crippen LogP contribution in [0.2, 0.25) is 0 Å². The van der Waals surface area contributed by atoms with Crippen molar-refractivity contribution in [2.24, 2.45) is 5.92 Å². The van der Waals surface area contributed by atoms with Gasteiger partial charge in [-0.25, -0.2) is 0 Å². The molecule has 1 aromatic rings. The maximum atomic E-state index is 12.5. The average Bonchev–Trinajstić information content (AvgIpc) is 2.37. The molecule has 0 atom stereocenters. The van der Waals surface area contributed by atoms with Gasteiger partial charge in [0.05, 0.1) is 5.92 Å². The monoisotopic (exact) mass is 272 g/mol. The van der Waals surface area contributed by atoms with Crippen molar-refractivity contribution >= 4 is 0 Å². The van der Waals surface area contributed by atoms with Crippen LogP contribution in [0.1, 0.15) is 36.8 Å². The Morgan fingerprint density at radius 3 is 2.53 bits per heavy atom. The van der Waals surface area contributed by atoms with Crippen molar-refractivity contribution in [3.63, 3.8) is 0 Å². The number of alkyl halides is 3. The Kier molecular flexibility index (Phi) is 4.45. The van der Waals surface area contributed by atoms with E-state index in [2.05, 4.69) is 10.3 Å². The smallest absolute Gasteiger partial charge is 0.310 e. The normalized spacial score (nSPS) is 24.4. The molecule has 0 unspecified atom stereocenters. The summed E-state index contributed by atoms with van der Waals surface area (Å²) in [6.45, 7) is 2.69. The number of nitrogens with zero attached hydrogens (tertiary/aromatic N) is 1. The lowest BCUT2D eigenvalue weighted by atomic mass is 9.85.